The van der Waals surface area contributed by atoms with Crippen LogP contribution >= 0.6 is 12.2 Å². The molecule has 0 saturated heterocycles. The molecule has 2 N–H and O–H groups in total. The van der Waals surface area contributed by atoms with Crippen LogP contribution in [0.3, 0.4) is 0 Å². The zero-order valence-corrected chi connectivity index (χ0v) is 8.80. The molecule has 0 atom stereocenters. The highest BCUT2D eigenvalue weighted by Crippen LogP contribution is 2.40. The van der Waals surface area contributed by atoms with Gasteiger partial charge in [-0.05, 0) is 12.1 Å². The second-order valence-electron chi connectivity index (χ2n) is 3.12. The van der Waals surface area contributed by atoms with Crippen molar-refractivity contribution in [3.8, 4) is 0 Å². The fourth-order valence-corrected chi connectivity index (χ4v) is 1.31. The third-order valence-electron chi connectivity index (χ3n) is 1.91. The monoisotopic (exact) mass is 273 g/mol. The minimum absolute atomic E-state index is 0.264. The first-order valence-electron chi connectivity index (χ1n) is 4.11. The molecule has 0 heterocycles. The number of hydrogen-bond donors (Lipinski definition) is 1. The largest absolute Gasteiger partial charge is 0.417 e. The Hall–Kier alpha value is -1.31. The lowest BCUT2D eigenvalue weighted by atomic mass is 10.0. The van der Waals surface area contributed by atoms with E-state index in [1.54, 1.807) is 0 Å². The van der Waals surface area contributed by atoms with E-state index < -0.39 is 28.5 Å². The third kappa shape index (κ3) is 3.09. The minimum Gasteiger partial charge on any atom is -0.389 e. The molecule has 1 nitrogen and oxygen atoms in total. The van der Waals surface area contributed by atoms with Crippen molar-refractivity contribution in [3.63, 3.8) is 0 Å². The summed E-state index contributed by atoms with van der Waals surface area (Å²) in [4.78, 5) is -0.399. The Bertz CT molecular complexity index is 448. The maximum absolute atomic E-state index is 12.4. The lowest BCUT2D eigenvalue weighted by Crippen LogP contribution is -2.19. The summed E-state index contributed by atoms with van der Waals surface area (Å²) in [5.41, 5.74) is 1.25. The SMILES string of the molecule is NC(=S)c1ccc(C(F)(F)F)c(C(F)(F)F)c1. The number of rotatable bonds is 1. The molecule has 0 amide bonds. The standard InChI is InChI=1S/C9H5F6NS/c10-8(11,12)5-2-1-4(7(16)17)3-6(5)9(13,14)15/h1-3H,(H2,16,17). The van der Waals surface area contributed by atoms with E-state index in [4.69, 9.17) is 5.73 Å². The first kappa shape index (κ1) is 13.8. The Kier molecular flexibility index (Phi) is 3.37. The zero-order valence-electron chi connectivity index (χ0n) is 7.99. The van der Waals surface area contributed by atoms with Gasteiger partial charge >= 0.3 is 12.4 Å². The third-order valence-corrected chi connectivity index (χ3v) is 2.15. The van der Waals surface area contributed by atoms with Gasteiger partial charge < -0.3 is 5.73 Å². The van der Waals surface area contributed by atoms with Crippen LogP contribution in [0.25, 0.3) is 0 Å². The second kappa shape index (κ2) is 4.17. The molecule has 0 bridgehead atoms. The van der Waals surface area contributed by atoms with Crippen LogP contribution in [0.1, 0.15) is 16.7 Å². The van der Waals surface area contributed by atoms with E-state index in [1.807, 2.05) is 0 Å². The summed E-state index contributed by atoms with van der Waals surface area (Å²) >= 11 is 4.41. The molecule has 8 heteroatoms. The summed E-state index contributed by atoms with van der Waals surface area (Å²) in [5.74, 6) is 0. The first-order chi connectivity index (χ1) is 7.53. The molecule has 1 aromatic rings. The van der Waals surface area contributed by atoms with Gasteiger partial charge in [0.2, 0.25) is 0 Å². The summed E-state index contributed by atoms with van der Waals surface area (Å²) in [6.45, 7) is 0. The van der Waals surface area contributed by atoms with Gasteiger partial charge in [0.05, 0.1) is 11.1 Å². The smallest absolute Gasteiger partial charge is 0.389 e. The van der Waals surface area contributed by atoms with Crippen molar-refractivity contribution in [3.05, 3.63) is 34.9 Å². The van der Waals surface area contributed by atoms with E-state index in [0.29, 0.717) is 12.1 Å². The van der Waals surface area contributed by atoms with E-state index in [0.717, 1.165) is 6.07 Å². The van der Waals surface area contributed by atoms with Crippen molar-refractivity contribution in [1.82, 2.24) is 0 Å². The van der Waals surface area contributed by atoms with Crippen LogP contribution in [0.4, 0.5) is 26.3 Å². The lowest BCUT2D eigenvalue weighted by Gasteiger charge is -2.16. The summed E-state index contributed by atoms with van der Waals surface area (Å²) in [6, 6.07) is 1.42. The topological polar surface area (TPSA) is 26.0 Å². The number of benzene rings is 1. The van der Waals surface area contributed by atoms with Gasteiger partial charge in [0.25, 0.3) is 0 Å². The number of nitrogens with two attached hydrogens (primary N) is 1. The average Bonchev–Trinajstić information content (AvgIpc) is 2.14. The second-order valence-corrected chi connectivity index (χ2v) is 3.56. The van der Waals surface area contributed by atoms with Crippen molar-refractivity contribution in [2.75, 3.05) is 0 Å². The van der Waals surface area contributed by atoms with Gasteiger partial charge in [-0.15, -0.1) is 0 Å². The molecular formula is C9H5F6NS. The molecule has 0 radical (unpaired) electrons. The van der Waals surface area contributed by atoms with Gasteiger partial charge in [0.1, 0.15) is 4.99 Å². The molecule has 1 aromatic carbocycles. The molecule has 0 aliphatic carbocycles. The number of halogens is 6. The maximum Gasteiger partial charge on any atom is 0.417 e. The van der Waals surface area contributed by atoms with Crippen molar-refractivity contribution in [2.45, 2.75) is 12.4 Å². The normalized spacial score (nSPS) is 12.6. The Morgan fingerprint density at radius 2 is 1.41 bits per heavy atom. The Labute approximate surface area is 97.2 Å². The molecule has 17 heavy (non-hydrogen) atoms. The Morgan fingerprint density at radius 3 is 1.76 bits per heavy atom. The van der Waals surface area contributed by atoms with Crippen LogP contribution in [0.5, 0.6) is 0 Å². The van der Waals surface area contributed by atoms with Gasteiger partial charge in [-0.3, -0.25) is 0 Å². The van der Waals surface area contributed by atoms with E-state index in [-0.39, 0.29) is 5.56 Å². The van der Waals surface area contributed by atoms with Crippen molar-refractivity contribution < 1.29 is 26.3 Å². The summed E-state index contributed by atoms with van der Waals surface area (Å²) in [7, 11) is 0. The molecule has 0 fully saturated rings. The molecular weight excluding hydrogens is 268 g/mol. The molecule has 0 aliphatic rings. The Morgan fingerprint density at radius 1 is 0.941 bits per heavy atom. The van der Waals surface area contributed by atoms with Crippen LogP contribution in [-0.4, -0.2) is 4.99 Å². The summed E-state index contributed by atoms with van der Waals surface area (Å²) in [6.07, 6.45) is -10.2. The van der Waals surface area contributed by atoms with Gasteiger partial charge in [0, 0.05) is 5.56 Å². The molecule has 0 aromatic heterocycles. The number of hydrogen-bond acceptors (Lipinski definition) is 1. The van der Waals surface area contributed by atoms with E-state index >= 15 is 0 Å². The number of thiocarbonyl (C=S) groups is 1. The Balaban J connectivity index is 3.49. The fourth-order valence-electron chi connectivity index (χ4n) is 1.18. The van der Waals surface area contributed by atoms with Gasteiger partial charge in [-0.25, -0.2) is 0 Å². The zero-order chi connectivity index (χ0) is 13.4. The van der Waals surface area contributed by atoms with Crippen molar-refractivity contribution in [1.29, 1.82) is 0 Å². The minimum atomic E-state index is -5.12. The molecule has 0 saturated carbocycles. The maximum atomic E-state index is 12.4. The van der Waals surface area contributed by atoms with E-state index in [2.05, 4.69) is 12.2 Å². The molecule has 1 rings (SSSR count). The number of alkyl halides is 6. The van der Waals surface area contributed by atoms with Crippen molar-refractivity contribution in [2.24, 2.45) is 5.73 Å². The van der Waals surface area contributed by atoms with Gasteiger partial charge in [-0.2, -0.15) is 26.3 Å². The van der Waals surface area contributed by atoms with Crippen LogP contribution in [0.15, 0.2) is 18.2 Å². The summed E-state index contributed by atoms with van der Waals surface area (Å²) in [5, 5.41) is 0. The van der Waals surface area contributed by atoms with Crippen molar-refractivity contribution >= 4 is 17.2 Å². The quantitative estimate of drug-likeness (QED) is 0.627. The van der Waals surface area contributed by atoms with E-state index in [9.17, 15) is 26.3 Å². The first-order valence-corrected chi connectivity index (χ1v) is 4.52. The predicted molar refractivity (Wildman–Crippen MR) is 52.3 cm³/mol. The highest BCUT2D eigenvalue weighted by atomic mass is 32.1. The fraction of sp³-hybridized carbons (Fsp3) is 0.222. The molecule has 94 valence electrons. The van der Waals surface area contributed by atoms with Crippen LogP contribution in [-0.2, 0) is 12.4 Å². The average molecular weight is 273 g/mol. The molecule has 0 unspecified atom stereocenters. The molecule has 0 aliphatic heterocycles. The van der Waals surface area contributed by atoms with Crippen LogP contribution in [0, 0.1) is 0 Å². The molecule has 0 spiro atoms. The summed E-state index contributed by atoms with van der Waals surface area (Å²) < 4.78 is 74.4. The van der Waals surface area contributed by atoms with Gasteiger partial charge in [-0.1, -0.05) is 18.3 Å². The van der Waals surface area contributed by atoms with Gasteiger partial charge in [0.15, 0.2) is 0 Å². The van der Waals surface area contributed by atoms with E-state index in [1.165, 1.54) is 0 Å². The highest BCUT2D eigenvalue weighted by Gasteiger charge is 2.43. The predicted octanol–water partition coefficient (Wildman–Crippen LogP) is 3.36. The van der Waals surface area contributed by atoms with Crippen LogP contribution in [0.2, 0.25) is 0 Å². The lowest BCUT2D eigenvalue weighted by molar-refractivity contribution is -0.162. The highest BCUT2D eigenvalue weighted by molar-refractivity contribution is 7.80. The van der Waals surface area contributed by atoms with Crippen LogP contribution < -0.4 is 5.73 Å².